The summed E-state index contributed by atoms with van der Waals surface area (Å²) in [5.74, 6) is 0. The summed E-state index contributed by atoms with van der Waals surface area (Å²) < 4.78 is 30.6. The van der Waals surface area contributed by atoms with Gasteiger partial charge in [0.1, 0.15) is 0 Å². The first kappa shape index (κ1) is 16.6. The van der Waals surface area contributed by atoms with Crippen LogP contribution in [-0.2, 0) is 10.2 Å². The van der Waals surface area contributed by atoms with Gasteiger partial charge in [0.05, 0.1) is 25.4 Å². The van der Waals surface area contributed by atoms with Crippen LogP contribution in [0.3, 0.4) is 0 Å². The summed E-state index contributed by atoms with van der Waals surface area (Å²) in [6, 6.07) is 3.80. The van der Waals surface area contributed by atoms with Crippen molar-refractivity contribution >= 4 is 58.4 Å². The first-order valence-electron chi connectivity index (χ1n) is 7.31. The summed E-state index contributed by atoms with van der Waals surface area (Å²) in [5, 5.41) is 1.38. The van der Waals surface area contributed by atoms with Gasteiger partial charge in [0.15, 0.2) is 5.13 Å². The van der Waals surface area contributed by atoms with Gasteiger partial charge in [-0.1, -0.05) is 24.7 Å². The van der Waals surface area contributed by atoms with Crippen LogP contribution in [0.1, 0.15) is 24.8 Å². The highest BCUT2D eigenvalue weighted by Crippen LogP contribution is 2.36. The fourth-order valence-corrected chi connectivity index (χ4v) is 5.35. The number of nitrogens with one attached hydrogen (secondary N) is 1. The standard InChI is InChI=1S/C14H18N4O2S3/c1-4-5-8-18(3)23(19,20)17-14-16-11-7-6-10-12(13(11)22-14)21-9(2)15-10/h6-7H,4-5,8H2,1-3H3,(H,16,17). The Kier molecular flexibility index (Phi) is 4.54. The van der Waals surface area contributed by atoms with E-state index >= 15 is 0 Å². The molecule has 2 aromatic heterocycles. The highest BCUT2D eigenvalue weighted by Gasteiger charge is 2.19. The van der Waals surface area contributed by atoms with Gasteiger partial charge in [-0.3, -0.25) is 0 Å². The van der Waals surface area contributed by atoms with E-state index in [1.807, 2.05) is 26.0 Å². The molecule has 0 radical (unpaired) electrons. The highest BCUT2D eigenvalue weighted by molar-refractivity contribution is 7.90. The Morgan fingerprint density at radius 3 is 2.52 bits per heavy atom. The fraction of sp³-hybridized carbons (Fsp3) is 0.429. The number of fused-ring (bicyclic) bond motifs is 3. The number of anilines is 1. The maximum Gasteiger partial charge on any atom is 0.303 e. The lowest BCUT2D eigenvalue weighted by atomic mass is 10.3. The van der Waals surface area contributed by atoms with E-state index < -0.39 is 10.2 Å². The van der Waals surface area contributed by atoms with E-state index in [4.69, 9.17) is 0 Å². The predicted molar refractivity (Wildman–Crippen MR) is 97.6 cm³/mol. The van der Waals surface area contributed by atoms with Crippen molar-refractivity contribution in [3.05, 3.63) is 17.1 Å². The van der Waals surface area contributed by atoms with Crippen molar-refractivity contribution in [1.29, 1.82) is 0 Å². The van der Waals surface area contributed by atoms with Gasteiger partial charge in [0.2, 0.25) is 0 Å². The number of nitrogens with zero attached hydrogens (tertiary/aromatic N) is 3. The molecule has 0 unspecified atom stereocenters. The maximum absolute atomic E-state index is 12.3. The van der Waals surface area contributed by atoms with E-state index in [-0.39, 0.29) is 0 Å². The van der Waals surface area contributed by atoms with Gasteiger partial charge in [0, 0.05) is 13.6 Å². The number of benzene rings is 1. The average molecular weight is 371 g/mol. The molecule has 0 aliphatic carbocycles. The van der Waals surface area contributed by atoms with Gasteiger partial charge in [-0.25, -0.2) is 14.7 Å². The predicted octanol–water partition coefficient (Wildman–Crippen LogP) is 3.60. The second-order valence-electron chi connectivity index (χ2n) is 5.30. The van der Waals surface area contributed by atoms with Crippen LogP contribution in [0.5, 0.6) is 0 Å². The lowest BCUT2D eigenvalue weighted by Crippen LogP contribution is -2.33. The second kappa shape index (κ2) is 6.31. The first-order valence-corrected chi connectivity index (χ1v) is 10.4. The maximum atomic E-state index is 12.3. The summed E-state index contributed by atoms with van der Waals surface area (Å²) in [6.07, 6.45) is 1.78. The summed E-state index contributed by atoms with van der Waals surface area (Å²) in [7, 11) is -1.98. The summed E-state index contributed by atoms with van der Waals surface area (Å²) in [4.78, 5) is 8.86. The Morgan fingerprint density at radius 2 is 1.83 bits per heavy atom. The number of aromatic nitrogens is 2. The van der Waals surface area contributed by atoms with Crippen LogP contribution >= 0.6 is 22.7 Å². The number of thiazole rings is 2. The molecule has 0 saturated carbocycles. The Hall–Kier alpha value is -1.29. The zero-order valence-corrected chi connectivity index (χ0v) is 15.6. The number of aryl methyl sites for hydroxylation is 1. The molecule has 3 rings (SSSR count). The number of rotatable bonds is 6. The van der Waals surface area contributed by atoms with Gasteiger partial charge in [0.25, 0.3) is 0 Å². The molecule has 0 aliphatic rings. The van der Waals surface area contributed by atoms with Crippen LogP contribution in [0.25, 0.3) is 20.4 Å². The minimum absolute atomic E-state index is 0.391. The van der Waals surface area contributed by atoms with Crippen molar-refractivity contribution in [2.24, 2.45) is 0 Å². The molecule has 0 bridgehead atoms. The highest BCUT2D eigenvalue weighted by atomic mass is 32.2. The van der Waals surface area contributed by atoms with Crippen molar-refractivity contribution in [1.82, 2.24) is 14.3 Å². The molecule has 0 atom stereocenters. The Balaban J connectivity index is 1.93. The van der Waals surface area contributed by atoms with Crippen molar-refractivity contribution < 1.29 is 8.42 Å². The lowest BCUT2D eigenvalue weighted by molar-refractivity contribution is 0.463. The number of hydrogen-bond donors (Lipinski definition) is 1. The first-order chi connectivity index (χ1) is 10.9. The van der Waals surface area contributed by atoms with Crippen LogP contribution in [0.4, 0.5) is 5.13 Å². The molecular weight excluding hydrogens is 352 g/mol. The average Bonchev–Trinajstić information content (AvgIpc) is 3.05. The normalized spacial score (nSPS) is 12.5. The Bertz CT molecular complexity index is 946. The van der Waals surface area contributed by atoms with Crippen molar-refractivity contribution in [2.75, 3.05) is 18.3 Å². The second-order valence-corrected chi connectivity index (χ2v) is 9.28. The molecule has 1 aromatic carbocycles. The molecule has 1 N–H and O–H groups in total. The molecule has 23 heavy (non-hydrogen) atoms. The quantitative estimate of drug-likeness (QED) is 0.719. The molecule has 9 heteroatoms. The molecule has 0 spiro atoms. The topological polar surface area (TPSA) is 75.2 Å². The molecule has 6 nitrogen and oxygen atoms in total. The summed E-state index contributed by atoms with van der Waals surface area (Å²) in [5.41, 5.74) is 1.72. The van der Waals surface area contributed by atoms with Gasteiger partial charge < -0.3 is 0 Å². The molecule has 0 fully saturated rings. The van der Waals surface area contributed by atoms with Gasteiger partial charge in [-0.2, -0.15) is 12.7 Å². The third-order valence-electron chi connectivity index (χ3n) is 3.47. The Labute approximate surface area is 143 Å². The van der Waals surface area contributed by atoms with Crippen LogP contribution in [-0.4, -0.2) is 36.3 Å². The Morgan fingerprint density at radius 1 is 1.17 bits per heavy atom. The van der Waals surface area contributed by atoms with E-state index in [0.29, 0.717) is 11.7 Å². The minimum atomic E-state index is -3.56. The van der Waals surface area contributed by atoms with Crippen LogP contribution in [0, 0.1) is 6.92 Å². The molecule has 0 saturated heterocycles. The molecule has 124 valence electrons. The van der Waals surface area contributed by atoms with E-state index in [1.165, 1.54) is 15.6 Å². The zero-order valence-electron chi connectivity index (χ0n) is 13.2. The van der Waals surface area contributed by atoms with Gasteiger partial charge in [-0.15, -0.1) is 11.3 Å². The molecular formula is C14H18N4O2S3. The summed E-state index contributed by atoms with van der Waals surface area (Å²) >= 11 is 2.95. The summed E-state index contributed by atoms with van der Waals surface area (Å²) in [6.45, 7) is 4.49. The van der Waals surface area contributed by atoms with E-state index in [9.17, 15) is 8.42 Å². The fourth-order valence-electron chi connectivity index (χ4n) is 2.22. The van der Waals surface area contributed by atoms with Crippen LogP contribution < -0.4 is 4.72 Å². The van der Waals surface area contributed by atoms with Crippen molar-refractivity contribution in [2.45, 2.75) is 26.7 Å². The third kappa shape index (κ3) is 3.32. The van der Waals surface area contributed by atoms with E-state index in [1.54, 1.807) is 18.4 Å². The lowest BCUT2D eigenvalue weighted by Gasteiger charge is -2.16. The van der Waals surface area contributed by atoms with Crippen molar-refractivity contribution in [3.63, 3.8) is 0 Å². The van der Waals surface area contributed by atoms with E-state index in [2.05, 4.69) is 14.7 Å². The molecule has 0 aliphatic heterocycles. The number of hydrogen-bond acceptors (Lipinski definition) is 6. The third-order valence-corrected chi connectivity index (χ3v) is 7.19. The molecule has 3 aromatic rings. The minimum Gasteiger partial charge on any atom is -0.246 e. The largest absolute Gasteiger partial charge is 0.303 e. The molecule has 0 amide bonds. The molecule has 2 heterocycles. The van der Waals surface area contributed by atoms with Gasteiger partial charge in [-0.05, 0) is 25.5 Å². The van der Waals surface area contributed by atoms with Crippen LogP contribution in [0.2, 0.25) is 0 Å². The van der Waals surface area contributed by atoms with Crippen molar-refractivity contribution in [3.8, 4) is 0 Å². The van der Waals surface area contributed by atoms with Gasteiger partial charge >= 0.3 is 10.2 Å². The SMILES string of the molecule is CCCCN(C)S(=O)(=O)Nc1nc2ccc3nc(C)sc3c2s1. The zero-order chi connectivity index (χ0) is 16.6. The van der Waals surface area contributed by atoms with Crippen LogP contribution in [0.15, 0.2) is 12.1 Å². The smallest absolute Gasteiger partial charge is 0.246 e. The van der Waals surface area contributed by atoms with E-state index in [0.717, 1.165) is 38.3 Å². The monoisotopic (exact) mass is 370 g/mol. The number of unbranched alkanes of at least 4 members (excludes halogenated alkanes) is 1.